The summed E-state index contributed by atoms with van der Waals surface area (Å²) in [5.41, 5.74) is 4.17. The number of carbonyl (C=O) groups is 3. The normalized spacial score (nSPS) is 20.5. The van der Waals surface area contributed by atoms with Gasteiger partial charge in [-0.3, -0.25) is 9.59 Å². The number of amides is 2. The number of hydrogen-bond acceptors (Lipinski definition) is 5. The minimum atomic E-state index is -1.62. The molecule has 0 spiro atoms. The van der Waals surface area contributed by atoms with Crippen LogP contribution in [0.1, 0.15) is 29.9 Å². The van der Waals surface area contributed by atoms with E-state index in [1.807, 2.05) is 48.5 Å². The van der Waals surface area contributed by atoms with E-state index in [2.05, 4.69) is 5.32 Å². The first kappa shape index (κ1) is 22.7. The number of alkyl carbamates (subject to hydrolysis) is 1. The Morgan fingerprint density at radius 3 is 2.27 bits per heavy atom. The highest BCUT2D eigenvalue weighted by atomic mass is 19.1. The van der Waals surface area contributed by atoms with E-state index in [0.29, 0.717) is 0 Å². The van der Waals surface area contributed by atoms with Crippen molar-refractivity contribution in [1.29, 1.82) is 0 Å². The number of likely N-dealkylation sites (tertiary alicyclic amines) is 1. The Labute approximate surface area is 190 Å². The first-order valence-corrected chi connectivity index (χ1v) is 10.8. The Morgan fingerprint density at radius 2 is 1.70 bits per heavy atom. The van der Waals surface area contributed by atoms with Crippen LogP contribution in [-0.4, -0.2) is 71.1 Å². The van der Waals surface area contributed by atoms with Gasteiger partial charge < -0.3 is 25.2 Å². The van der Waals surface area contributed by atoms with Crippen molar-refractivity contribution in [3.05, 3.63) is 59.7 Å². The molecule has 2 aliphatic rings. The van der Waals surface area contributed by atoms with Crippen molar-refractivity contribution in [3.8, 4) is 11.1 Å². The molecule has 0 bridgehead atoms. The highest BCUT2D eigenvalue weighted by Gasteiger charge is 2.35. The SMILES string of the molecule is O=C(O)CC(NC(=O)OCC1c2ccccc2-c2ccccc21)C(=O)N1CCC(O)C(F)C1. The fourth-order valence-electron chi connectivity index (χ4n) is 4.47. The van der Waals surface area contributed by atoms with Gasteiger partial charge in [0.05, 0.1) is 19.1 Å². The summed E-state index contributed by atoms with van der Waals surface area (Å²) in [7, 11) is 0. The van der Waals surface area contributed by atoms with Crippen LogP contribution in [0.5, 0.6) is 0 Å². The molecule has 0 saturated carbocycles. The number of fused-ring (bicyclic) bond motifs is 3. The molecule has 33 heavy (non-hydrogen) atoms. The highest BCUT2D eigenvalue weighted by Crippen LogP contribution is 2.44. The maximum absolute atomic E-state index is 13.8. The van der Waals surface area contributed by atoms with Gasteiger partial charge in [0, 0.05) is 12.5 Å². The molecule has 1 heterocycles. The minimum absolute atomic E-state index is 0.0102. The Morgan fingerprint density at radius 1 is 1.09 bits per heavy atom. The predicted octanol–water partition coefficient (Wildman–Crippen LogP) is 2.30. The first-order chi connectivity index (χ1) is 15.8. The molecule has 9 heteroatoms. The molecular formula is C24H25FN2O6. The quantitative estimate of drug-likeness (QED) is 0.614. The number of aliphatic carboxylic acids is 1. The number of alkyl halides is 1. The monoisotopic (exact) mass is 456 g/mol. The van der Waals surface area contributed by atoms with Gasteiger partial charge in [-0.05, 0) is 28.7 Å². The third-order valence-electron chi connectivity index (χ3n) is 6.13. The summed E-state index contributed by atoms with van der Waals surface area (Å²) in [6, 6.07) is 14.2. The average molecular weight is 456 g/mol. The molecule has 1 aliphatic heterocycles. The number of ether oxygens (including phenoxy) is 1. The molecule has 1 aliphatic carbocycles. The predicted molar refractivity (Wildman–Crippen MR) is 116 cm³/mol. The van der Waals surface area contributed by atoms with E-state index < -0.39 is 42.7 Å². The van der Waals surface area contributed by atoms with E-state index in [4.69, 9.17) is 4.74 Å². The molecule has 0 aromatic heterocycles. The van der Waals surface area contributed by atoms with Gasteiger partial charge in [0.1, 0.15) is 18.8 Å². The van der Waals surface area contributed by atoms with Crippen molar-refractivity contribution >= 4 is 18.0 Å². The van der Waals surface area contributed by atoms with E-state index in [9.17, 15) is 29.0 Å². The Hall–Kier alpha value is -3.46. The van der Waals surface area contributed by atoms with E-state index in [1.165, 1.54) is 0 Å². The van der Waals surface area contributed by atoms with Gasteiger partial charge in [-0.1, -0.05) is 48.5 Å². The van der Waals surface area contributed by atoms with Crippen molar-refractivity contribution in [2.75, 3.05) is 19.7 Å². The number of piperidine rings is 1. The van der Waals surface area contributed by atoms with Crippen molar-refractivity contribution < 1.29 is 33.7 Å². The molecule has 1 fully saturated rings. The molecule has 2 amide bonds. The lowest BCUT2D eigenvalue weighted by Gasteiger charge is -2.34. The van der Waals surface area contributed by atoms with Crippen molar-refractivity contribution in [1.82, 2.24) is 10.2 Å². The number of nitrogens with one attached hydrogen (secondary N) is 1. The van der Waals surface area contributed by atoms with Gasteiger partial charge in [0.15, 0.2) is 0 Å². The lowest BCUT2D eigenvalue weighted by molar-refractivity contribution is -0.144. The molecular weight excluding hydrogens is 431 g/mol. The van der Waals surface area contributed by atoms with Crippen LogP contribution in [-0.2, 0) is 14.3 Å². The largest absolute Gasteiger partial charge is 0.481 e. The Balaban J connectivity index is 1.42. The fraction of sp³-hybridized carbons (Fsp3) is 0.375. The van der Waals surface area contributed by atoms with Crippen molar-refractivity contribution in [2.24, 2.45) is 0 Å². The number of nitrogens with zero attached hydrogens (tertiary/aromatic N) is 1. The number of aliphatic hydroxyl groups is 1. The second-order valence-corrected chi connectivity index (χ2v) is 8.28. The highest BCUT2D eigenvalue weighted by molar-refractivity contribution is 5.89. The molecule has 4 rings (SSSR count). The number of halogens is 1. The molecule has 174 valence electrons. The van der Waals surface area contributed by atoms with Crippen LogP contribution in [0, 0.1) is 0 Å². The zero-order chi connectivity index (χ0) is 23.5. The summed E-state index contributed by atoms with van der Waals surface area (Å²) in [6.07, 6.45) is -4.34. The lowest BCUT2D eigenvalue weighted by Crippen LogP contribution is -2.54. The van der Waals surface area contributed by atoms with E-state index in [1.54, 1.807) is 0 Å². The average Bonchev–Trinajstić information content (AvgIpc) is 3.12. The first-order valence-electron chi connectivity index (χ1n) is 10.8. The van der Waals surface area contributed by atoms with E-state index >= 15 is 0 Å². The number of hydrogen-bond donors (Lipinski definition) is 3. The van der Waals surface area contributed by atoms with Crippen LogP contribution in [0.25, 0.3) is 11.1 Å². The van der Waals surface area contributed by atoms with Gasteiger partial charge in [0.25, 0.3) is 0 Å². The summed E-state index contributed by atoms with van der Waals surface area (Å²) in [4.78, 5) is 37.6. The standard InChI is InChI=1S/C24H25FN2O6/c25-19-12-27(10-9-21(19)28)23(31)20(11-22(29)30)26-24(32)33-13-18-16-7-3-1-5-14(16)15-6-2-4-8-17(15)18/h1-8,18-21,28H,9-13H2,(H,26,32)(H,29,30). The number of carboxylic acid groups (broad SMARTS) is 1. The number of rotatable bonds is 6. The molecule has 1 saturated heterocycles. The van der Waals surface area contributed by atoms with Crippen LogP contribution in [0.4, 0.5) is 9.18 Å². The summed E-state index contributed by atoms with van der Waals surface area (Å²) >= 11 is 0. The Bertz CT molecular complexity index is 1020. The van der Waals surface area contributed by atoms with Crippen molar-refractivity contribution in [2.45, 2.75) is 37.1 Å². The zero-order valence-electron chi connectivity index (χ0n) is 17.8. The lowest BCUT2D eigenvalue weighted by atomic mass is 9.98. The molecule has 2 aromatic rings. The van der Waals surface area contributed by atoms with E-state index in [0.717, 1.165) is 27.2 Å². The summed E-state index contributed by atoms with van der Waals surface area (Å²) in [5, 5.41) is 21.0. The molecule has 3 unspecified atom stereocenters. The summed E-state index contributed by atoms with van der Waals surface area (Å²) < 4.78 is 19.2. The molecule has 3 atom stereocenters. The third-order valence-corrected chi connectivity index (χ3v) is 6.13. The second kappa shape index (κ2) is 9.58. The molecule has 0 radical (unpaired) electrons. The van der Waals surface area contributed by atoms with Crippen LogP contribution in [0.15, 0.2) is 48.5 Å². The maximum atomic E-state index is 13.8. The van der Waals surface area contributed by atoms with Crippen LogP contribution in [0.2, 0.25) is 0 Å². The minimum Gasteiger partial charge on any atom is -0.481 e. The smallest absolute Gasteiger partial charge is 0.407 e. The van der Waals surface area contributed by atoms with Crippen LogP contribution in [0.3, 0.4) is 0 Å². The van der Waals surface area contributed by atoms with Gasteiger partial charge >= 0.3 is 12.1 Å². The molecule has 3 N–H and O–H groups in total. The Kier molecular flexibility index (Phi) is 6.60. The second-order valence-electron chi connectivity index (χ2n) is 8.28. The number of carboxylic acids is 1. The fourth-order valence-corrected chi connectivity index (χ4v) is 4.47. The third kappa shape index (κ3) is 4.83. The summed E-state index contributed by atoms with van der Waals surface area (Å²) in [5.74, 6) is -2.20. The van der Waals surface area contributed by atoms with Crippen molar-refractivity contribution in [3.63, 3.8) is 0 Å². The number of benzene rings is 2. The zero-order valence-corrected chi connectivity index (χ0v) is 17.8. The van der Waals surface area contributed by atoms with Gasteiger partial charge in [-0.25, -0.2) is 9.18 Å². The van der Waals surface area contributed by atoms with Gasteiger partial charge in [0.2, 0.25) is 5.91 Å². The van der Waals surface area contributed by atoms with Crippen LogP contribution < -0.4 is 5.32 Å². The topological polar surface area (TPSA) is 116 Å². The van der Waals surface area contributed by atoms with E-state index in [-0.39, 0.29) is 32.0 Å². The maximum Gasteiger partial charge on any atom is 0.407 e. The molecule has 8 nitrogen and oxygen atoms in total. The number of carbonyl (C=O) groups excluding carboxylic acids is 2. The molecule has 2 aromatic carbocycles. The van der Waals surface area contributed by atoms with Gasteiger partial charge in [-0.15, -0.1) is 0 Å². The summed E-state index contributed by atoms with van der Waals surface area (Å²) in [6.45, 7) is -0.276. The van der Waals surface area contributed by atoms with Gasteiger partial charge in [-0.2, -0.15) is 0 Å². The number of aliphatic hydroxyl groups excluding tert-OH is 1. The van der Waals surface area contributed by atoms with Crippen LogP contribution >= 0.6 is 0 Å².